The van der Waals surface area contributed by atoms with Crippen molar-refractivity contribution >= 4 is 0 Å². The lowest BCUT2D eigenvalue weighted by atomic mass is 10.0. The average Bonchev–Trinajstić information content (AvgIpc) is 3.06. The van der Waals surface area contributed by atoms with Crippen LogP contribution in [0.4, 0.5) is 0 Å². The summed E-state index contributed by atoms with van der Waals surface area (Å²) in [6.07, 6.45) is 20.1. The molecule has 0 aromatic carbocycles. The summed E-state index contributed by atoms with van der Waals surface area (Å²) in [5.41, 5.74) is 0. The molecule has 2 N–H and O–H groups in total. The van der Waals surface area contributed by atoms with E-state index in [0.717, 1.165) is 10.6 Å². The number of hydrogen-bond donors (Lipinski definition) is 1. The molecule has 0 amide bonds. The predicted octanol–water partition coefficient (Wildman–Crippen LogP) is 5.56. The van der Waals surface area contributed by atoms with Crippen molar-refractivity contribution in [1.82, 2.24) is 0 Å². The second-order valence-electron chi connectivity index (χ2n) is 7.45. The highest BCUT2D eigenvalue weighted by atomic mass is 15.7. The van der Waals surface area contributed by atoms with Gasteiger partial charge in [-0.1, -0.05) is 84.0 Å². The van der Waals surface area contributed by atoms with Crippen molar-refractivity contribution in [2.24, 2.45) is 5.84 Å². The molecule has 2 atom stereocenters. The maximum Gasteiger partial charge on any atom is 0.155 e. The molecule has 1 rings (SSSR count). The summed E-state index contributed by atoms with van der Waals surface area (Å²) in [7, 11) is 0. The Morgan fingerprint density at radius 3 is 1.38 bits per heavy atom. The fourth-order valence-corrected chi connectivity index (χ4v) is 3.36. The number of unbranched alkanes of at least 4 members (excludes halogenated alkanes) is 13. The molecular formula is C19H41N2+. The number of quaternary nitrogens is 1. The summed E-state index contributed by atoms with van der Waals surface area (Å²) in [6.45, 7) is 6.97. The van der Waals surface area contributed by atoms with E-state index in [-0.39, 0.29) is 0 Å². The molecule has 0 aliphatic carbocycles. The molecule has 0 bridgehead atoms. The predicted molar refractivity (Wildman–Crippen MR) is 94.0 cm³/mol. The summed E-state index contributed by atoms with van der Waals surface area (Å²) in [5, 5.41) is 0. The highest BCUT2D eigenvalue weighted by Gasteiger charge is 2.48. The molecule has 0 radical (unpaired) electrons. The van der Waals surface area contributed by atoms with Crippen molar-refractivity contribution in [2.75, 3.05) is 13.1 Å². The molecule has 1 saturated heterocycles. The van der Waals surface area contributed by atoms with Crippen LogP contribution in [0.25, 0.3) is 0 Å². The van der Waals surface area contributed by atoms with Crippen LogP contribution in [0.3, 0.4) is 0 Å². The Hall–Kier alpha value is -0.0800. The van der Waals surface area contributed by atoms with Crippen molar-refractivity contribution in [2.45, 2.75) is 110 Å². The highest BCUT2D eigenvalue weighted by Crippen LogP contribution is 2.25. The van der Waals surface area contributed by atoms with Gasteiger partial charge in [0.05, 0.1) is 6.54 Å². The zero-order valence-electron chi connectivity index (χ0n) is 14.9. The van der Waals surface area contributed by atoms with Gasteiger partial charge in [0, 0.05) is 0 Å². The Labute approximate surface area is 134 Å². The van der Waals surface area contributed by atoms with E-state index in [4.69, 9.17) is 5.84 Å². The molecular weight excluding hydrogens is 256 g/mol. The molecule has 0 spiro atoms. The second-order valence-corrected chi connectivity index (χ2v) is 7.45. The van der Waals surface area contributed by atoms with Gasteiger partial charge < -0.3 is 0 Å². The number of nitrogens with zero attached hydrogens (tertiary/aromatic N) is 1. The Kier molecular flexibility index (Phi) is 10.4. The smallest absolute Gasteiger partial charge is 0.155 e. The van der Waals surface area contributed by atoms with Gasteiger partial charge in [-0.2, -0.15) is 5.84 Å². The lowest BCUT2D eigenvalue weighted by Crippen LogP contribution is -2.37. The normalized spacial score (nSPS) is 24.4. The Bertz CT molecular complexity index is 242. The highest BCUT2D eigenvalue weighted by molar-refractivity contribution is 4.64. The van der Waals surface area contributed by atoms with Gasteiger partial charge in [0.25, 0.3) is 0 Å². The largest absolute Gasteiger partial charge is 0.236 e. The maximum atomic E-state index is 6.17. The Morgan fingerprint density at radius 1 is 0.714 bits per heavy atom. The minimum Gasteiger partial charge on any atom is -0.236 e. The molecule has 0 aromatic heterocycles. The van der Waals surface area contributed by atoms with Crippen molar-refractivity contribution < 1.29 is 4.59 Å². The Balaban J connectivity index is 1.67. The third-order valence-corrected chi connectivity index (χ3v) is 5.28. The van der Waals surface area contributed by atoms with Crippen molar-refractivity contribution in [3.05, 3.63) is 0 Å². The Morgan fingerprint density at radius 2 is 1.05 bits per heavy atom. The lowest BCUT2D eigenvalue weighted by molar-refractivity contribution is -0.825. The summed E-state index contributed by atoms with van der Waals surface area (Å²) in [6, 6.07) is 0.729. The summed E-state index contributed by atoms with van der Waals surface area (Å²) < 4.78 is 0.859. The van der Waals surface area contributed by atoms with Gasteiger partial charge in [0.1, 0.15) is 0 Å². The standard InChI is InChI=1S/C19H41N2/c1-3-4-5-6-7-8-9-10-11-12-13-14-15-16-17-21(20)18-19(21)2/h19H,3-18,20H2,1-2H3/q+1. The summed E-state index contributed by atoms with van der Waals surface area (Å²) >= 11 is 0. The molecule has 21 heavy (non-hydrogen) atoms. The third kappa shape index (κ3) is 9.52. The van der Waals surface area contributed by atoms with E-state index in [0.29, 0.717) is 0 Å². The van der Waals surface area contributed by atoms with Crippen molar-refractivity contribution in [1.29, 1.82) is 0 Å². The zero-order chi connectivity index (χ0) is 15.4. The minimum absolute atomic E-state index is 0.729. The van der Waals surface area contributed by atoms with E-state index in [2.05, 4.69) is 13.8 Å². The SMILES string of the molecule is CCCCCCCCCCCCCCCC[N+]1(N)CC1C. The lowest BCUT2D eigenvalue weighted by Gasteiger charge is -2.11. The summed E-state index contributed by atoms with van der Waals surface area (Å²) in [4.78, 5) is 0. The van der Waals surface area contributed by atoms with Crippen LogP contribution in [-0.4, -0.2) is 23.7 Å². The van der Waals surface area contributed by atoms with E-state index >= 15 is 0 Å². The van der Waals surface area contributed by atoms with Crippen LogP contribution in [-0.2, 0) is 0 Å². The van der Waals surface area contributed by atoms with E-state index < -0.39 is 0 Å². The molecule has 1 aliphatic heterocycles. The van der Waals surface area contributed by atoms with Gasteiger partial charge in [-0.3, -0.25) is 0 Å². The minimum atomic E-state index is 0.729. The van der Waals surface area contributed by atoms with Gasteiger partial charge in [-0.15, -0.1) is 0 Å². The summed E-state index contributed by atoms with van der Waals surface area (Å²) in [5.74, 6) is 6.17. The molecule has 0 saturated carbocycles. The van der Waals surface area contributed by atoms with Gasteiger partial charge in [0.2, 0.25) is 0 Å². The fraction of sp³-hybridized carbons (Fsp3) is 1.00. The molecule has 1 fully saturated rings. The molecule has 2 unspecified atom stereocenters. The first-order chi connectivity index (χ1) is 10.2. The van der Waals surface area contributed by atoms with Crippen LogP contribution < -0.4 is 5.84 Å². The first kappa shape index (κ1) is 19.0. The molecule has 0 aromatic rings. The van der Waals surface area contributed by atoms with Crippen LogP contribution in [0.1, 0.15) is 104 Å². The van der Waals surface area contributed by atoms with Crippen LogP contribution in [0.5, 0.6) is 0 Å². The van der Waals surface area contributed by atoms with E-state index in [1.54, 1.807) is 0 Å². The molecule has 1 aliphatic rings. The van der Waals surface area contributed by atoms with Crippen molar-refractivity contribution in [3.8, 4) is 0 Å². The monoisotopic (exact) mass is 297 g/mol. The van der Waals surface area contributed by atoms with Crippen LogP contribution in [0, 0.1) is 0 Å². The van der Waals surface area contributed by atoms with Crippen LogP contribution in [0.2, 0.25) is 0 Å². The molecule has 126 valence electrons. The van der Waals surface area contributed by atoms with Gasteiger partial charge in [0.15, 0.2) is 12.6 Å². The first-order valence-electron chi connectivity index (χ1n) is 9.84. The molecule has 1 heterocycles. The maximum absolute atomic E-state index is 6.17. The van der Waals surface area contributed by atoms with Gasteiger partial charge >= 0.3 is 0 Å². The van der Waals surface area contributed by atoms with Crippen molar-refractivity contribution in [3.63, 3.8) is 0 Å². The van der Waals surface area contributed by atoms with E-state index in [1.807, 2.05) is 0 Å². The van der Waals surface area contributed by atoms with E-state index in [1.165, 1.54) is 103 Å². The van der Waals surface area contributed by atoms with Crippen LogP contribution in [0.15, 0.2) is 0 Å². The quantitative estimate of drug-likeness (QED) is 0.182. The zero-order valence-corrected chi connectivity index (χ0v) is 14.9. The number of nitrogens with two attached hydrogens (primary N) is 1. The topological polar surface area (TPSA) is 26.0 Å². The van der Waals surface area contributed by atoms with Crippen LogP contribution >= 0.6 is 0 Å². The number of hydrogen-bond acceptors (Lipinski definition) is 1. The van der Waals surface area contributed by atoms with E-state index in [9.17, 15) is 0 Å². The number of rotatable bonds is 15. The van der Waals surface area contributed by atoms with Gasteiger partial charge in [-0.05, 0) is 19.8 Å². The second kappa shape index (κ2) is 11.5. The first-order valence-corrected chi connectivity index (χ1v) is 9.84. The average molecular weight is 298 g/mol. The van der Waals surface area contributed by atoms with Gasteiger partial charge in [-0.25, -0.2) is 4.59 Å². The molecule has 2 nitrogen and oxygen atoms in total. The third-order valence-electron chi connectivity index (χ3n) is 5.28. The molecule has 2 heteroatoms. The fourth-order valence-electron chi connectivity index (χ4n) is 3.36.